The second-order valence-corrected chi connectivity index (χ2v) is 6.84. The first-order valence-corrected chi connectivity index (χ1v) is 9.00. The van der Waals surface area contributed by atoms with E-state index in [-0.39, 0.29) is 5.91 Å². The van der Waals surface area contributed by atoms with Gasteiger partial charge in [-0.15, -0.1) is 11.3 Å². The molecule has 0 atom stereocenters. The summed E-state index contributed by atoms with van der Waals surface area (Å²) in [5, 5.41) is 6.81. The molecule has 116 valence electrons. The van der Waals surface area contributed by atoms with Crippen LogP contribution < -0.4 is 5.32 Å². The van der Waals surface area contributed by atoms with Gasteiger partial charge in [-0.05, 0) is 24.3 Å². The molecule has 7 heteroatoms. The third kappa shape index (κ3) is 4.54. The van der Waals surface area contributed by atoms with E-state index in [0.29, 0.717) is 15.9 Å². The molecule has 3 rings (SSSR count). The highest BCUT2D eigenvalue weighted by atomic mass is 35.5. The fourth-order valence-electron chi connectivity index (χ4n) is 1.81. The smallest absolute Gasteiger partial charge is 0.236 e. The molecule has 2 aromatic heterocycles. The molecule has 2 heterocycles. The summed E-state index contributed by atoms with van der Waals surface area (Å²) in [5.74, 6) is 0.199. The Morgan fingerprint density at radius 3 is 2.78 bits per heavy atom. The minimum atomic E-state index is -0.0994. The van der Waals surface area contributed by atoms with Gasteiger partial charge in [-0.2, -0.15) is 0 Å². The first-order chi connectivity index (χ1) is 11.2. The van der Waals surface area contributed by atoms with Crippen molar-refractivity contribution in [2.75, 3.05) is 11.1 Å². The Morgan fingerprint density at radius 2 is 2.04 bits per heavy atom. The van der Waals surface area contributed by atoms with Crippen molar-refractivity contribution in [1.29, 1.82) is 0 Å². The van der Waals surface area contributed by atoms with Crippen molar-refractivity contribution in [3.05, 3.63) is 59.1 Å². The number of carbonyl (C=O) groups excluding carboxylic acids is 1. The van der Waals surface area contributed by atoms with Gasteiger partial charge in [0.25, 0.3) is 0 Å². The van der Waals surface area contributed by atoms with E-state index in [1.54, 1.807) is 6.20 Å². The van der Waals surface area contributed by atoms with E-state index < -0.39 is 0 Å². The van der Waals surface area contributed by atoms with Crippen LogP contribution in [0.15, 0.2) is 59.1 Å². The summed E-state index contributed by atoms with van der Waals surface area (Å²) in [4.78, 5) is 20.6. The Balaban J connectivity index is 1.58. The molecule has 1 N–H and O–H groups in total. The van der Waals surface area contributed by atoms with E-state index in [9.17, 15) is 4.79 Å². The maximum absolute atomic E-state index is 12.0. The molecule has 0 bridgehead atoms. The SMILES string of the molecule is O=C(CSc1ccccn1)Nc1nc(-c2ccc(Cl)cc2)cs1. The average Bonchev–Trinajstić information content (AvgIpc) is 3.03. The number of carbonyl (C=O) groups is 1. The number of nitrogens with one attached hydrogen (secondary N) is 1. The number of pyridine rings is 1. The highest BCUT2D eigenvalue weighted by molar-refractivity contribution is 7.99. The van der Waals surface area contributed by atoms with Crippen LogP contribution in [-0.2, 0) is 4.79 Å². The second-order valence-electron chi connectivity index (χ2n) is 4.55. The second kappa shape index (κ2) is 7.59. The van der Waals surface area contributed by atoms with Crippen LogP contribution in [0.2, 0.25) is 5.02 Å². The number of hydrogen-bond acceptors (Lipinski definition) is 5. The Bertz CT molecular complexity index is 791. The largest absolute Gasteiger partial charge is 0.301 e. The number of halogens is 1. The Hall–Kier alpha value is -1.89. The van der Waals surface area contributed by atoms with Gasteiger partial charge in [0.2, 0.25) is 5.91 Å². The summed E-state index contributed by atoms with van der Waals surface area (Å²) in [6, 6.07) is 13.1. The third-order valence-electron chi connectivity index (χ3n) is 2.88. The summed E-state index contributed by atoms with van der Waals surface area (Å²) in [7, 11) is 0. The standard InChI is InChI=1S/C16H12ClN3OS2/c17-12-6-4-11(5-7-12)13-9-23-16(19-13)20-14(21)10-22-15-3-1-2-8-18-15/h1-9H,10H2,(H,19,20,21). The molecule has 0 saturated heterocycles. The van der Waals surface area contributed by atoms with Crippen LogP contribution in [-0.4, -0.2) is 21.6 Å². The molecule has 0 radical (unpaired) electrons. The predicted molar refractivity (Wildman–Crippen MR) is 96.2 cm³/mol. The molecule has 0 aliphatic carbocycles. The topological polar surface area (TPSA) is 54.9 Å². The lowest BCUT2D eigenvalue weighted by Crippen LogP contribution is -2.13. The zero-order valence-electron chi connectivity index (χ0n) is 11.9. The van der Waals surface area contributed by atoms with Crippen LogP contribution in [0.1, 0.15) is 0 Å². The van der Waals surface area contributed by atoms with E-state index >= 15 is 0 Å². The Labute approximate surface area is 146 Å². The highest BCUT2D eigenvalue weighted by Crippen LogP contribution is 2.26. The number of hydrogen-bond donors (Lipinski definition) is 1. The number of rotatable bonds is 5. The van der Waals surface area contributed by atoms with Gasteiger partial charge in [0.15, 0.2) is 5.13 Å². The normalized spacial score (nSPS) is 10.5. The number of anilines is 1. The summed E-state index contributed by atoms with van der Waals surface area (Å²) >= 11 is 8.67. The highest BCUT2D eigenvalue weighted by Gasteiger charge is 2.09. The lowest BCUT2D eigenvalue weighted by Gasteiger charge is -2.01. The Kier molecular flexibility index (Phi) is 5.27. The van der Waals surface area contributed by atoms with Crippen molar-refractivity contribution in [2.24, 2.45) is 0 Å². The van der Waals surface area contributed by atoms with Crippen LogP contribution >= 0.6 is 34.7 Å². The molecule has 0 saturated carbocycles. The van der Waals surface area contributed by atoms with Crippen molar-refractivity contribution in [3.63, 3.8) is 0 Å². The van der Waals surface area contributed by atoms with E-state index in [4.69, 9.17) is 11.6 Å². The van der Waals surface area contributed by atoms with Gasteiger partial charge in [0, 0.05) is 22.2 Å². The van der Waals surface area contributed by atoms with E-state index in [0.717, 1.165) is 16.3 Å². The van der Waals surface area contributed by atoms with Crippen LogP contribution in [0.25, 0.3) is 11.3 Å². The molecular weight excluding hydrogens is 350 g/mol. The number of aromatic nitrogens is 2. The molecular formula is C16H12ClN3OS2. The van der Waals surface area contributed by atoms with Gasteiger partial charge in [-0.3, -0.25) is 4.79 Å². The van der Waals surface area contributed by atoms with Crippen molar-refractivity contribution >= 4 is 45.7 Å². The molecule has 23 heavy (non-hydrogen) atoms. The Morgan fingerprint density at radius 1 is 1.22 bits per heavy atom. The van der Waals surface area contributed by atoms with Crippen LogP contribution in [0.5, 0.6) is 0 Å². The maximum atomic E-state index is 12.0. The summed E-state index contributed by atoms with van der Waals surface area (Å²) < 4.78 is 0. The average molecular weight is 362 g/mol. The zero-order valence-corrected chi connectivity index (χ0v) is 14.3. The van der Waals surface area contributed by atoms with Crippen LogP contribution in [0.3, 0.4) is 0 Å². The van der Waals surface area contributed by atoms with E-state index in [2.05, 4.69) is 15.3 Å². The minimum absolute atomic E-state index is 0.0994. The van der Waals surface area contributed by atoms with Gasteiger partial charge in [-0.1, -0.05) is 41.6 Å². The van der Waals surface area contributed by atoms with E-state index in [1.807, 2.05) is 47.8 Å². The zero-order chi connectivity index (χ0) is 16.1. The summed E-state index contributed by atoms with van der Waals surface area (Å²) in [6.45, 7) is 0. The van der Waals surface area contributed by atoms with Crippen molar-refractivity contribution in [3.8, 4) is 11.3 Å². The fourth-order valence-corrected chi connectivity index (χ4v) is 3.33. The lowest BCUT2D eigenvalue weighted by molar-refractivity contribution is -0.113. The summed E-state index contributed by atoms with van der Waals surface area (Å²) in [5.41, 5.74) is 1.79. The first kappa shape index (κ1) is 16.0. The molecule has 0 spiro atoms. The molecule has 0 fully saturated rings. The minimum Gasteiger partial charge on any atom is -0.301 e. The first-order valence-electron chi connectivity index (χ1n) is 6.76. The van der Waals surface area contributed by atoms with Crippen molar-refractivity contribution in [2.45, 2.75) is 5.03 Å². The van der Waals surface area contributed by atoms with Gasteiger partial charge in [-0.25, -0.2) is 9.97 Å². The molecule has 0 unspecified atom stereocenters. The lowest BCUT2D eigenvalue weighted by atomic mass is 10.2. The van der Waals surface area contributed by atoms with Crippen molar-refractivity contribution in [1.82, 2.24) is 9.97 Å². The van der Waals surface area contributed by atoms with Crippen LogP contribution in [0.4, 0.5) is 5.13 Å². The number of nitrogens with zero attached hydrogens (tertiary/aromatic N) is 2. The molecule has 1 aromatic carbocycles. The number of thioether (sulfide) groups is 1. The van der Waals surface area contributed by atoms with Gasteiger partial charge in [0.1, 0.15) is 0 Å². The third-order valence-corrected chi connectivity index (χ3v) is 4.83. The fraction of sp³-hybridized carbons (Fsp3) is 0.0625. The number of benzene rings is 1. The molecule has 4 nitrogen and oxygen atoms in total. The molecule has 0 aliphatic rings. The van der Waals surface area contributed by atoms with Crippen LogP contribution in [0, 0.1) is 0 Å². The van der Waals surface area contributed by atoms with Gasteiger partial charge < -0.3 is 5.32 Å². The maximum Gasteiger partial charge on any atom is 0.236 e. The molecule has 0 aliphatic heterocycles. The van der Waals surface area contributed by atoms with Gasteiger partial charge in [0.05, 0.1) is 16.5 Å². The number of thiazole rings is 1. The monoisotopic (exact) mass is 361 g/mol. The van der Waals surface area contributed by atoms with Crippen molar-refractivity contribution < 1.29 is 4.79 Å². The quantitative estimate of drug-likeness (QED) is 0.675. The van der Waals surface area contributed by atoms with Gasteiger partial charge >= 0.3 is 0 Å². The predicted octanol–water partition coefficient (Wildman–Crippen LogP) is 4.59. The summed E-state index contributed by atoms with van der Waals surface area (Å²) in [6.07, 6.45) is 1.71. The molecule has 3 aromatic rings. The van der Waals surface area contributed by atoms with E-state index in [1.165, 1.54) is 23.1 Å². The molecule has 1 amide bonds. The number of amides is 1.